The first-order chi connectivity index (χ1) is 11.6. The van der Waals surface area contributed by atoms with Crippen molar-refractivity contribution in [3.8, 4) is 5.75 Å². The van der Waals surface area contributed by atoms with Gasteiger partial charge in [-0.3, -0.25) is 4.79 Å². The highest BCUT2D eigenvalue weighted by Gasteiger charge is 2.08. The fourth-order valence-electron chi connectivity index (χ4n) is 2.02. The van der Waals surface area contributed by atoms with Crippen LogP contribution in [0.3, 0.4) is 0 Å². The number of aromatic nitrogens is 2. The Kier molecular flexibility index (Phi) is 6.51. The van der Waals surface area contributed by atoms with E-state index in [4.69, 9.17) is 4.74 Å². The number of nitrogens with one attached hydrogen (secondary N) is 2. The Morgan fingerprint density at radius 2 is 1.92 bits per heavy atom. The molecule has 0 atom stereocenters. The van der Waals surface area contributed by atoms with Crippen LogP contribution < -0.4 is 15.4 Å². The van der Waals surface area contributed by atoms with Crippen molar-refractivity contribution in [1.29, 1.82) is 0 Å². The molecule has 24 heavy (non-hydrogen) atoms. The van der Waals surface area contributed by atoms with Crippen LogP contribution in [0, 0.1) is 0 Å². The molecule has 0 radical (unpaired) electrons. The molecule has 0 fully saturated rings. The van der Waals surface area contributed by atoms with Crippen molar-refractivity contribution in [2.24, 2.45) is 0 Å². The van der Waals surface area contributed by atoms with Crippen LogP contribution in [0.2, 0.25) is 0 Å². The van der Waals surface area contributed by atoms with E-state index in [1.54, 1.807) is 37.6 Å². The highest BCUT2D eigenvalue weighted by molar-refractivity contribution is 6.02. The molecule has 0 saturated heterocycles. The van der Waals surface area contributed by atoms with Gasteiger partial charge >= 0.3 is 0 Å². The molecule has 2 N–H and O–H groups in total. The van der Waals surface area contributed by atoms with E-state index in [9.17, 15) is 4.79 Å². The van der Waals surface area contributed by atoms with E-state index >= 15 is 0 Å². The number of amides is 1. The molecular weight excluding hydrogens is 306 g/mol. The average molecular weight is 329 g/mol. The second-order valence-electron chi connectivity index (χ2n) is 5.55. The van der Waals surface area contributed by atoms with Crippen molar-refractivity contribution in [1.82, 2.24) is 14.9 Å². The van der Waals surface area contributed by atoms with Crippen molar-refractivity contribution < 1.29 is 9.53 Å². The summed E-state index contributed by atoms with van der Waals surface area (Å²) in [6.45, 7) is 1.81. The van der Waals surface area contributed by atoms with E-state index < -0.39 is 0 Å². The van der Waals surface area contributed by atoms with Crippen molar-refractivity contribution in [2.45, 2.75) is 6.42 Å². The molecule has 2 rings (SSSR count). The number of rotatable bonds is 8. The molecular formula is C17H23N5O2. The Morgan fingerprint density at radius 3 is 2.50 bits per heavy atom. The van der Waals surface area contributed by atoms with Crippen LogP contribution in [-0.2, 0) is 0 Å². The highest BCUT2D eigenvalue weighted by atomic mass is 16.5. The van der Waals surface area contributed by atoms with Crippen molar-refractivity contribution in [3.05, 3.63) is 42.4 Å². The van der Waals surface area contributed by atoms with Crippen molar-refractivity contribution >= 4 is 17.4 Å². The lowest BCUT2D eigenvalue weighted by Crippen LogP contribution is -2.17. The molecule has 1 amide bonds. The Bertz CT molecular complexity index is 641. The molecule has 0 unspecified atom stereocenters. The number of hydrogen-bond acceptors (Lipinski definition) is 6. The third-order valence-corrected chi connectivity index (χ3v) is 3.32. The second kappa shape index (κ2) is 8.83. The zero-order chi connectivity index (χ0) is 17.4. The van der Waals surface area contributed by atoms with E-state index in [0.717, 1.165) is 25.3 Å². The molecule has 0 aliphatic rings. The van der Waals surface area contributed by atoms with E-state index in [1.165, 1.54) is 6.20 Å². The summed E-state index contributed by atoms with van der Waals surface area (Å²) < 4.78 is 5.08. The van der Waals surface area contributed by atoms with Crippen LogP contribution in [0.15, 0.2) is 36.7 Å². The topological polar surface area (TPSA) is 79.4 Å². The molecule has 0 saturated carbocycles. The third kappa shape index (κ3) is 5.51. The molecule has 1 aromatic carbocycles. The first-order valence-corrected chi connectivity index (χ1v) is 7.74. The van der Waals surface area contributed by atoms with Gasteiger partial charge in [0.25, 0.3) is 5.91 Å². The van der Waals surface area contributed by atoms with Gasteiger partial charge in [0.1, 0.15) is 17.3 Å². The number of carbonyl (C=O) groups excluding carboxylic acids is 1. The number of benzene rings is 1. The number of methoxy groups -OCH3 is 1. The Labute approximate surface area is 142 Å². The number of ether oxygens (including phenoxy) is 1. The summed E-state index contributed by atoms with van der Waals surface area (Å²) in [7, 11) is 5.67. The Hall–Kier alpha value is -2.67. The van der Waals surface area contributed by atoms with Gasteiger partial charge in [0.15, 0.2) is 0 Å². The molecule has 7 heteroatoms. The fraction of sp³-hybridized carbons (Fsp3) is 0.353. The maximum absolute atomic E-state index is 12.1. The van der Waals surface area contributed by atoms with Crippen LogP contribution >= 0.6 is 0 Å². The first-order valence-electron chi connectivity index (χ1n) is 7.74. The van der Waals surface area contributed by atoms with E-state index in [-0.39, 0.29) is 11.6 Å². The summed E-state index contributed by atoms with van der Waals surface area (Å²) in [4.78, 5) is 22.6. The standard InChI is InChI=1S/C17H23N5O2/c1-22(2)10-4-9-18-16-12-19-15(11-20-16)17(23)21-13-5-7-14(24-3)8-6-13/h5-8,11-12H,4,9-10H2,1-3H3,(H,18,20)(H,21,23). The molecule has 1 aromatic heterocycles. The number of anilines is 2. The van der Waals surface area contributed by atoms with Gasteiger partial charge in [-0.15, -0.1) is 0 Å². The minimum atomic E-state index is -0.299. The molecule has 1 heterocycles. The highest BCUT2D eigenvalue weighted by Crippen LogP contribution is 2.15. The van der Waals surface area contributed by atoms with Gasteiger partial charge in [-0.1, -0.05) is 0 Å². The zero-order valence-corrected chi connectivity index (χ0v) is 14.2. The average Bonchev–Trinajstić information content (AvgIpc) is 2.59. The molecule has 0 aliphatic heterocycles. The summed E-state index contributed by atoms with van der Waals surface area (Å²) in [5.41, 5.74) is 0.943. The van der Waals surface area contributed by atoms with E-state index in [2.05, 4.69) is 25.5 Å². The molecule has 128 valence electrons. The SMILES string of the molecule is COc1ccc(NC(=O)c2cnc(NCCCN(C)C)cn2)cc1. The summed E-state index contributed by atoms with van der Waals surface area (Å²) in [5.74, 6) is 1.10. The van der Waals surface area contributed by atoms with Gasteiger partial charge in [-0.2, -0.15) is 0 Å². The molecule has 0 bridgehead atoms. The summed E-state index contributed by atoms with van der Waals surface area (Å²) in [6, 6.07) is 7.10. The number of hydrogen-bond donors (Lipinski definition) is 2. The Balaban J connectivity index is 1.86. The lowest BCUT2D eigenvalue weighted by atomic mass is 10.3. The van der Waals surface area contributed by atoms with Gasteiger partial charge in [0, 0.05) is 12.2 Å². The first kappa shape index (κ1) is 17.7. The van der Waals surface area contributed by atoms with E-state index in [1.807, 2.05) is 14.1 Å². The monoisotopic (exact) mass is 329 g/mol. The van der Waals surface area contributed by atoms with Crippen LogP contribution in [0.5, 0.6) is 5.75 Å². The predicted octanol–water partition coefficient (Wildman–Crippen LogP) is 2.10. The van der Waals surface area contributed by atoms with Gasteiger partial charge in [0.2, 0.25) is 0 Å². The second-order valence-corrected chi connectivity index (χ2v) is 5.55. The molecule has 0 spiro atoms. The summed E-state index contributed by atoms with van der Waals surface area (Å²) >= 11 is 0. The van der Waals surface area contributed by atoms with Crippen LogP contribution in [0.25, 0.3) is 0 Å². The lowest BCUT2D eigenvalue weighted by Gasteiger charge is -2.10. The maximum atomic E-state index is 12.1. The zero-order valence-electron chi connectivity index (χ0n) is 14.2. The fourth-order valence-corrected chi connectivity index (χ4v) is 2.02. The van der Waals surface area contributed by atoms with Crippen LogP contribution in [0.4, 0.5) is 11.5 Å². The van der Waals surface area contributed by atoms with Gasteiger partial charge in [-0.05, 0) is 51.3 Å². The summed E-state index contributed by atoms with van der Waals surface area (Å²) in [6.07, 6.45) is 4.04. The van der Waals surface area contributed by atoms with Crippen molar-refractivity contribution in [3.63, 3.8) is 0 Å². The number of carbonyl (C=O) groups is 1. The molecule has 0 aliphatic carbocycles. The Morgan fingerprint density at radius 1 is 1.17 bits per heavy atom. The van der Waals surface area contributed by atoms with Crippen molar-refractivity contribution in [2.75, 3.05) is 44.9 Å². The third-order valence-electron chi connectivity index (χ3n) is 3.32. The van der Waals surface area contributed by atoms with Gasteiger partial charge in [0.05, 0.1) is 19.5 Å². The smallest absolute Gasteiger partial charge is 0.275 e. The van der Waals surface area contributed by atoms with Crippen LogP contribution in [-0.4, -0.2) is 55.1 Å². The van der Waals surface area contributed by atoms with E-state index in [0.29, 0.717) is 11.5 Å². The number of nitrogens with zero attached hydrogens (tertiary/aromatic N) is 3. The van der Waals surface area contributed by atoms with Gasteiger partial charge in [-0.25, -0.2) is 9.97 Å². The minimum Gasteiger partial charge on any atom is -0.497 e. The molecule has 2 aromatic rings. The van der Waals surface area contributed by atoms with Gasteiger partial charge < -0.3 is 20.3 Å². The summed E-state index contributed by atoms with van der Waals surface area (Å²) in [5, 5.41) is 5.95. The normalized spacial score (nSPS) is 10.5. The largest absolute Gasteiger partial charge is 0.497 e. The van der Waals surface area contributed by atoms with Crippen LogP contribution in [0.1, 0.15) is 16.9 Å². The minimum absolute atomic E-state index is 0.268. The molecule has 7 nitrogen and oxygen atoms in total. The lowest BCUT2D eigenvalue weighted by molar-refractivity contribution is 0.102. The maximum Gasteiger partial charge on any atom is 0.275 e. The predicted molar refractivity (Wildman–Crippen MR) is 94.6 cm³/mol. The quantitative estimate of drug-likeness (QED) is 0.722.